The van der Waals surface area contributed by atoms with E-state index in [-0.39, 0.29) is 24.0 Å². The van der Waals surface area contributed by atoms with Gasteiger partial charge in [-0.1, -0.05) is 48.0 Å². The average molecular weight is 457 g/mol. The maximum Gasteiger partial charge on any atom is 0.311 e. The molecule has 0 spiro atoms. The van der Waals surface area contributed by atoms with Gasteiger partial charge in [0.05, 0.1) is 23.4 Å². The summed E-state index contributed by atoms with van der Waals surface area (Å²) in [4.78, 5) is 23.6. The van der Waals surface area contributed by atoms with Gasteiger partial charge in [-0.15, -0.1) is 0 Å². The molecule has 0 saturated carbocycles. The fourth-order valence-electron chi connectivity index (χ4n) is 3.45. The highest BCUT2D eigenvalue weighted by molar-refractivity contribution is 6.04. The minimum Gasteiger partial charge on any atom is -0.482 e. The van der Waals surface area contributed by atoms with E-state index in [4.69, 9.17) is 4.74 Å². The standard InChI is InChI=1S/C26H24N4O4/c1-18-6-9-20(10-7-18)15-29-16-23(14-27-29)28-26(31)22-5-3-4-21(13-22)17-34-25-11-8-19(2)12-24(25)30(32)33/h3-14,16H,15,17H2,1-2H3,(H,28,31). The molecule has 172 valence electrons. The van der Waals surface area contributed by atoms with Crippen LogP contribution in [0.5, 0.6) is 5.75 Å². The Labute approximate surface area is 197 Å². The number of hydrogen-bond donors (Lipinski definition) is 1. The molecule has 0 atom stereocenters. The molecule has 0 radical (unpaired) electrons. The lowest BCUT2D eigenvalue weighted by atomic mass is 10.1. The molecule has 0 aliphatic carbocycles. The number of nitro groups is 1. The third-order valence-electron chi connectivity index (χ3n) is 5.25. The molecule has 1 amide bonds. The first-order valence-corrected chi connectivity index (χ1v) is 10.7. The minimum atomic E-state index is -0.467. The van der Waals surface area contributed by atoms with E-state index in [1.54, 1.807) is 60.4 Å². The number of benzene rings is 3. The lowest BCUT2D eigenvalue weighted by Gasteiger charge is -2.09. The summed E-state index contributed by atoms with van der Waals surface area (Å²) >= 11 is 0. The highest BCUT2D eigenvalue weighted by Gasteiger charge is 2.15. The summed E-state index contributed by atoms with van der Waals surface area (Å²) in [6, 6.07) is 20.0. The molecule has 4 rings (SSSR count). The molecule has 1 N–H and O–H groups in total. The molecular weight excluding hydrogens is 432 g/mol. The van der Waals surface area contributed by atoms with Crippen molar-refractivity contribution in [3.8, 4) is 5.75 Å². The molecule has 34 heavy (non-hydrogen) atoms. The van der Waals surface area contributed by atoms with Gasteiger partial charge in [-0.25, -0.2) is 0 Å². The smallest absolute Gasteiger partial charge is 0.311 e. The van der Waals surface area contributed by atoms with Crippen LogP contribution >= 0.6 is 0 Å². The molecule has 3 aromatic carbocycles. The van der Waals surface area contributed by atoms with Gasteiger partial charge in [0.2, 0.25) is 0 Å². The number of nitrogens with zero attached hydrogens (tertiary/aromatic N) is 3. The molecule has 8 nitrogen and oxygen atoms in total. The molecule has 0 unspecified atom stereocenters. The molecule has 0 saturated heterocycles. The number of rotatable bonds is 8. The molecule has 0 fully saturated rings. The molecule has 0 bridgehead atoms. The molecule has 1 aromatic heterocycles. The number of carbonyl (C=O) groups excluding carboxylic acids is 1. The largest absolute Gasteiger partial charge is 0.482 e. The molecule has 0 aliphatic rings. The van der Waals surface area contributed by atoms with Gasteiger partial charge in [0.15, 0.2) is 5.75 Å². The normalized spacial score (nSPS) is 10.6. The third-order valence-corrected chi connectivity index (χ3v) is 5.25. The van der Waals surface area contributed by atoms with Crippen LogP contribution in [0.4, 0.5) is 11.4 Å². The van der Waals surface area contributed by atoms with Gasteiger partial charge in [0.25, 0.3) is 5.91 Å². The Kier molecular flexibility index (Phi) is 6.68. The summed E-state index contributed by atoms with van der Waals surface area (Å²) < 4.78 is 7.44. The van der Waals surface area contributed by atoms with Gasteiger partial charge < -0.3 is 10.1 Å². The zero-order valence-corrected chi connectivity index (χ0v) is 18.9. The number of hydrogen-bond acceptors (Lipinski definition) is 5. The van der Waals surface area contributed by atoms with Gasteiger partial charge in [-0.3, -0.25) is 19.6 Å². The molecule has 4 aromatic rings. The Balaban J connectivity index is 1.39. The van der Waals surface area contributed by atoms with Crippen molar-refractivity contribution in [1.29, 1.82) is 0 Å². The number of nitrogens with one attached hydrogen (secondary N) is 1. The first-order valence-electron chi connectivity index (χ1n) is 10.7. The van der Waals surface area contributed by atoms with E-state index in [2.05, 4.69) is 22.5 Å². The van der Waals surface area contributed by atoms with E-state index >= 15 is 0 Å². The fourth-order valence-corrected chi connectivity index (χ4v) is 3.45. The first kappa shape index (κ1) is 22.7. The second-order valence-electron chi connectivity index (χ2n) is 8.08. The van der Waals surface area contributed by atoms with Gasteiger partial charge in [0, 0.05) is 17.8 Å². The van der Waals surface area contributed by atoms with E-state index < -0.39 is 4.92 Å². The van der Waals surface area contributed by atoms with Crippen molar-refractivity contribution in [3.05, 3.63) is 117 Å². The van der Waals surface area contributed by atoms with E-state index in [1.807, 2.05) is 19.1 Å². The molecule has 8 heteroatoms. The van der Waals surface area contributed by atoms with Crippen LogP contribution in [-0.4, -0.2) is 20.6 Å². The maximum atomic E-state index is 12.7. The summed E-state index contributed by atoms with van der Waals surface area (Å²) in [7, 11) is 0. The monoisotopic (exact) mass is 456 g/mol. The van der Waals surface area contributed by atoms with Crippen molar-refractivity contribution in [2.24, 2.45) is 0 Å². The highest BCUT2D eigenvalue weighted by atomic mass is 16.6. The number of carbonyl (C=O) groups is 1. The number of aryl methyl sites for hydroxylation is 2. The summed E-state index contributed by atoms with van der Waals surface area (Å²) in [5.74, 6) is -0.0931. The van der Waals surface area contributed by atoms with Crippen molar-refractivity contribution in [3.63, 3.8) is 0 Å². The minimum absolute atomic E-state index is 0.0865. The lowest BCUT2D eigenvalue weighted by molar-refractivity contribution is -0.386. The Morgan fingerprint density at radius 2 is 1.79 bits per heavy atom. The number of aromatic nitrogens is 2. The second-order valence-corrected chi connectivity index (χ2v) is 8.08. The quantitative estimate of drug-likeness (QED) is 0.287. The van der Waals surface area contributed by atoms with Crippen molar-refractivity contribution < 1.29 is 14.5 Å². The predicted molar refractivity (Wildman–Crippen MR) is 129 cm³/mol. The van der Waals surface area contributed by atoms with Crippen LogP contribution < -0.4 is 10.1 Å². The summed E-state index contributed by atoms with van der Waals surface area (Å²) in [6.07, 6.45) is 3.39. The van der Waals surface area contributed by atoms with E-state index in [0.29, 0.717) is 17.8 Å². The Morgan fingerprint density at radius 3 is 2.56 bits per heavy atom. The number of ether oxygens (including phenoxy) is 1. The lowest BCUT2D eigenvalue weighted by Crippen LogP contribution is -2.12. The second kappa shape index (κ2) is 9.99. The van der Waals surface area contributed by atoms with Crippen LogP contribution in [0.2, 0.25) is 0 Å². The van der Waals surface area contributed by atoms with Crippen molar-refractivity contribution in [2.45, 2.75) is 27.0 Å². The van der Waals surface area contributed by atoms with Gasteiger partial charge in [-0.05, 0) is 48.7 Å². The first-order chi connectivity index (χ1) is 16.4. The van der Waals surface area contributed by atoms with Crippen LogP contribution in [0.15, 0.2) is 79.1 Å². The van der Waals surface area contributed by atoms with Crippen molar-refractivity contribution >= 4 is 17.3 Å². The zero-order chi connectivity index (χ0) is 24.1. The van der Waals surface area contributed by atoms with Crippen LogP contribution in [0.25, 0.3) is 0 Å². The number of nitro benzene ring substituents is 1. The Morgan fingerprint density at radius 1 is 1.03 bits per heavy atom. The van der Waals surface area contributed by atoms with Crippen LogP contribution in [-0.2, 0) is 13.2 Å². The summed E-state index contributed by atoms with van der Waals surface area (Å²) in [6.45, 7) is 4.53. The Hall–Kier alpha value is -4.46. The Bertz CT molecular complexity index is 1330. The molecule has 1 heterocycles. The molecule has 0 aliphatic heterocycles. The van der Waals surface area contributed by atoms with E-state index in [1.165, 1.54) is 11.6 Å². The summed E-state index contributed by atoms with van der Waals surface area (Å²) in [5, 5.41) is 18.5. The molecular formula is C26H24N4O4. The SMILES string of the molecule is Cc1ccc(Cn2cc(NC(=O)c3cccc(COc4ccc(C)cc4[N+](=O)[O-])c3)cn2)cc1. The van der Waals surface area contributed by atoms with Crippen molar-refractivity contribution in [1.82, 2.24) is 9.78 Å². The van der Waals surface area contributed by atoms with E-state index in [9.17, 15) is 14.9 Å². The zero-order valence-electron chi connectivity index (χ0n) is 18.9. The third kappa shape index (κ3) is 5.66. The summed E-state index contributed by atoms with van der Waals surface area (Å²) in [5.41, 5.74) is 4.77. The van der Waals surface area contributed by atoms with Gasteiger partial charge in [0.1, 0.15) is 6.61 Å². The maximum absolute atomic E-state index is 12.7. The van der Waals surface area contributed by atoms with Crippen molar-refractivity contribution in [2.75, 3.05) is 5.32 Å². The van der Waals surface area contributed by atoms with E-state index in [0.717, 1.165) is 16.7 Å². The van der Waals surface area contributed by atoms with Gasteiger partial charge in [-0.2, -0.15) is 5.10 Å². The number of amides is 1. The fraction of sp³-hybridized carbons (Fsp3) is 0.154. The topological polar surface area (TPSA) is 99.3 Å². The van der Waals surface area contributed by atoms with Gasteiger partial charge >= 0.3 is 5.69 Å². The number of anilines is 1. The predicted octanol–water partition coefficient (Wildman–Crippen LogP) is 5.29. The average Bonchev–Trinajstić information content (AvgIpc) is 3.26. The van der Waals surface area contributed by atoms with Crippen LogP contribution in [0.3, 0.4) is 0 Å². The van der Waals surface area contributed by atoms with Crippen LogP contribution in [0, 0.1) is 24.0 Å². The highest BCUT2D eigenvalue weighted by Crippen LogP contribution is 2.28. The van der Waals surface area contributed by atoms with Crippen LogP contribution in [0.1, 0.15) is 32.6 Å².